The molecule has 0 spiro atoms. The quantitative estimate of drug-likeness (QED) is 0.312. The van der Waals surface area contributed by atoms with Crippen molar-refractivity contribution in [2.75, 3.05) is 24.6 Å². The Morgan fingerprint density at radius 1 is 0.950 bits per heavy atom. The monoisotopic (exact) mass is 569 g/mol. The summed E-state index contributed by atoms with van der Waals surface area (Å²) >= 11 is 0. The zero-order valence-electron chi connectivity index (χ0n) is 21.5. The van der Waals surface area contributed by atoms with Crippen molar-refractivity contribution in [2.45, 2.75) is 44.5 Å². The van der Waals surface area contributed by atoms with Gasteiger partial charge in [-0.25, -0.2) is 14.4 Å². The van der Waals surface area contributed by atoms with Crippen molar-refractivity contribution in [3.8, 4) is 0 Å². The van der Waals surface area contributed by atoms with Crippen LogP contribution in [0.25, 0.3) is 0 Å². The van der Waals surface area contributed by atoms with Crippen molar-refractivity contribution >= 4 is 5.95 Å². The molecule has 0 radical (unpaired) electrons. The first-order valence-corrected chi connectivity index (χ1v) is 12.7. The molecule has 0 saturated carbocycles. The van der Waals surface area contributed by atoms with E-state index in [-0.39, 0.29) is 30.1 Å². The van der Waals surface area contributed by atoms with E-state index in [0.717, 1.165) is 5.56 Å². The predicted molar refractivity (Wildman–Crippen MR) is 131 cm³/mol. The van der Waals surface area contributed by atoms with E-state index in [2.05, 4.69) is 9.97 Å². The normalized spacial score (nSPS) is 24.2. The number of fused-ring (bicyclic) bond motifs is 1. The molecule has 3 aromatic rings. The lowest BCUT2D eigenvalue weighted by atomic mass is 9.76. The number of hydrogen-bond donors (Lipinski definition) is 0. The molecule has 2 fully saturated rings. The van der Waals surface area contributed by atoms with Gasteiger partial charge in [0.15, 0.2) is 6.29 Å². The predicted octanol–water partition coefficient (Wildman–Crippen LogP) is 6.93. The maximum Gasteiger partial charge on any atom is 0.416 e. The highest BCUT2D eigenvalue weighted by atomic mass is 19.4. The van der Waals surface area contributed by atoms with Gasteiger partial charge in [-0.3, -0.25) is 0 Å². The van der Waals surface area contributed by atoms with E-state index in [1.165, 1.54) is 19.1 Å². The molecule has 2 saturated heterocycles. The maximum atomic E-state index is 14.0. The fourth-order valence-electron chi connectivity index (χ4n) is 5.63. The van der Waals surface area contributed by atoms with E-state index >= 15 is 0 Å². The van der Waals surface area contributed by atoms with Crippen LogP contribution in [0, 0.1) is 24.6 Å². The summed E-state index contributed by atoms with van der Waals surface area (Å²) < 4.78 is 107. The number of alkyl halides is 6. The number of ether oxygens (including phenoxy) is 2. The van der Waals surface area contributed by atoms with E-state index in [1.54, 1.807) is 31.5 Å². The molecule has 0 amide bonds. The van der Waals surface area contributed by atoms with Gasteiger partial charge in [0.2, 0.25) is 5.95 Å². The topological polar surface area (TPSA) is 47.5 Å². The van der Waals surface area contributed by atoms with Crippen LogP contribution in [0.4, 0.5) is 36.7 Å². The molecule has 2 aromatic carbocycles. The highest BCUT2D eigenvalue weighted by Crippen LogP contribution is 2.46. The van der Waals surface area contributed by atoms with Gasteiger partial charge < -0.3 is 14.4 Å². The van der Waals surface area contributed by atoms with Crippen LogP contribution in [0.5, 0.6) is 0 Å². The molecule has 0 aliphatic carbocycles. The summed E-state index contributed by atoms with van der Waals surface area (Å²) in [6.45, 7) is 4.46. The van der Waals surface area contributed by atoms with Gasteiger partial charge in [-0.15, -0.1) is 0 Å². The lowest BCUT2D eigenvalue weighted by Gasteiger charge is -2.41. The van der Waals surface area contributed by atoms with E-state index < -0.39 is 47.6 Å². The Morgan fingerprint density at radius 3 is 2.20 bits per heavy atom. The first-order valence-electron chi connectivity index (χ1n) is 12.7. The number of halogens is 7. The van der Waals surface area contributed by atoms with Crippen LogP contribution in [0.15, 0.2) is 54.9 Å². The minimum absolute atomic E-state index is 0.0128. The van der Waals surface area contributed by atoms with E-state index in [9.17, 15) is 30.7 Å². The smallest absolute Gasteiger partial charge is 0.352 e. The largest absolute Gasteiger partial charge is 0.416 e. The highest BCUT2D eigenvalue weighted by Gasteiger charge is 2.48. The Labute approximate surface area is 225 Å². The summed E-state index contributed by atoms with van der Waals surface area (Å²) in [4.78, 5) is 10.6. The van der Waals surface area contributed by atoms with Crippen molar-refractivity contribution in [3.63, 3.8) is 0 Å². The molecule has 214 valence electrons. The Balaban J connectivity index is 1.48. The third-order valence-corrected chi connectivity index (χ3v) is 7.56. The van der Waals surface area contributed by atoms with Gasteiger partial charge in [0.05, 0.1) is 23.8 Å². The summed E-state index contributed by atoms with van der Waals surface area (Å²) in [6, 6.07) is 7.40. The molecule has 0 unspecified atom stereocenters. The Hall–Kier alpha value is -3.25. The molecule has 5 nitrogen and oxygen atoms in total. The lowest BCUT2D eigenvalue weighted by molar-refractivity contribution is -0.217. The van der Waals surface area contributed by atoms with Crippen LogP contribution in [0.1, 0.15) is 46.8 Å². The van der Waals surface area contributed by atoms with Gasteiger partial charge in [-0.05, 0) is 72.9 Å². The van der Waals surface area contributed by atoms with Crippen molar-refractivity contribution in [1.82, 2.24) is 9.97 Å². The van der Waals surface area contributed by atoms with Crippen LogP contribution >= 0.6 is 0 Å². The van der Waals surface area contributed by atoms with Gasteiger partial charge >= 0.3 is 12.4 Å². The van der Waals surface area contributed by atoms with Gasteiger partial charge in [0, 0.05) is 37.3 Å². The molecule has 0 N–H and O–H groups in total. The van der Waals surface area contributed by atoms with Crippen molar-refractivity contribution in [1.29, 1.82) is 0 Å². The number of rotatable bonds is 5. The van der Waals surface area contributed by atoms with Crippen LogP contribution in [-0.4, -0.2) is 36.0 Å². The van der Waals surface area contributed by atoms with Gasteiger partial charge in [-0.1, -0.05) is 6.07 Å². The lowest BCUT2D eigenvalue weighted by Crippen LogP contribution is -2.42. The molecular formula is C28H26F7N3O2. The van der Waals surface area contributed by atoms with Crippen molar-refractivity contribution in [3.05, 3.63) is 88.5 Å². The number of hydrogen-bond acceptors (Lipinski definition) is 5. The number of nitrogens with zero attached hydrogens (tertiary/aromatic N) is 3. The second-order valence-corrected chi connectivity index (χ2v) is 10.2. The molecule has 40 heavy (non-hydrogen) atoms. The van der Waals surface area contributed by atoms with Crippen LogP contribution in [-0.2, 0) is 21.8 Å². The molecule has 5 rings (SSSR count). The van der Waals surface area contributed by atoms with E-state index in [4.69, 9.17) is 9.47 Å². The zero-order valence-corrected chi connectivity index (χ0v) is 21.5. The summed E-state index contributed by atoms with van der Waals surface area (Å²) in [5, 5.41) is 0. The molecule has 5 atom stereocenters. The fourth-order valence-corrected chi connectivity index (χ4v) is 5.63. The molecule has 1 aromatic heterocycles. The van der Waals surface area contributed by atoms with Crippen LogP contribution in [0.3, 0.4) is 0 Å². The Bertz CT molecular complexity index is 1320. The second-order valence-electron chi connectivity index (χ2n) is 10.2. The molecular weight excluding hydrogens is 543 g/mol. The first-order chi connectivity index (χ1) is 18.8. The SMILES string of the molecule is Cc1cc(F)ccc1[C@@H]1[C@@H](O[C@H](C)c2cc(C(F)(F)F)cc(C(F)(F)F)c2)OC[C@@H]2CN(c3ncccn3)C[C@H]21. The number of aryl methyl sites for hydroxylation is 1. The third kappa shape index (κ3) is 5.78. The summed E-state index contributed by atoms with van der Waals surface area (Å²) in [7, 11) is 0. The minimum Gasteiger partial charge on any atom is -0.352 e. The molecule has 12 heteroatoms. The third-order valence-electron chi connectivity index (χ3n) is 7.56. The van der Waals surface area contributed by atoms with Gasteiger partial charge in [-0.2, -0.15) is 26.3 Å². The van der Waals surface area contributed by atoms with Gasteiger partial charge in [0.25, 0.3) is 0 Å². The molecule has 2 aliphatic heterocycles. The van der Waals surface area contributed by atoms with E-state index in [0.29, 0.717) is 36.7 Å². The van der Waals surface area contributed by atoms with Crippen molar-refractivity contribution < 1.29 is 40.2 Å². The Morgan fingerprint density at radius 2 is 1.60 bits per heavy atom. The van der Waals surface area contributed by atoms with E-state index in [1.807, 2.05) is 4.90 Å². The van der Waals surface area contributed by atoms with Crippen LogP contribution in [0.2, 0.25) is 0 Å². The summed E-state index contributed by atoms with van der Waals surface area (Å²) in [5.41, 5.74) is -1.77. The maximum absolute atomic E-state index is 14.0. The standard InChI is InChI=1S/C28H26F7N3O2/c1-15-8-21(29)4-5-22(15)24-23-13-38(26-36-6-3-7-37-26)12-18(23)14-39-25(24)40-16(2)17-9-19(27(30,31)32)11-20(10-17)28(33,34)35/h3-11,16,18,23-25H,12-14H2,1-2H3/t16-,18+,23-,24+,25-/m1/s1. The summed E-state index contributed by atoms with van der Waals surface area (Å²) in [6.07, 6.45) is -8.90. The number of aromatic nitrogens is 2. The number of benzene rings is 2. The summed E-state index contributed by atoms with van der Waals surface area (Å²) in [5.74, 6) is -0.468. The first kappa shape index (κ1) is 28.3. The molecule has 2 aliphatic rings. The fraction of sp³-hybridized carbons (Fsp3) is 0.429. The minimum atomic E-state index is -4.98. The van der Waals surface area contributed by atoms with Gasteiger partial charge in [0.1, 0.15) is 5.82 Å². The Kier molecular flexibility index (Phi) is 7.51. The molecule has 0 bridgehead atoms. The second kappa shape index (κ2) is 10.6. The average Bonchev–Trinajstić information content (AvgIpc) is 3.33. The average molecular weight is 570 g/mol. The molecule has 3 heterocycles. The highest BCUT2D eigenvalue weighted by molar-refractivity contribution is 5.37. The zero-order chi connectivity index (χ0) is 28.8. The number of anilines is 1. The van der Waals surface area contributed by atoms with Crippen molar-refractivity contribution in [2.24, 2.45) is 11.8 Å². The van der Waals surface area contributed by atoms with Crippen LogP contribution < -0.4 is 4.90 Å².